The van der Waals surface area contributed by atoms with Crippen molar-refractivity contribution in [3.8, 4) is 6.07 Å². The van der Waals surface area contributed by atoms with E-state index in [4.69, 9.17) is 16.9 Å². The smallest absolute Gasteiger partial charge is 0.358 e. The van der Waals surface area contributed by atoms with E-state index in [1.54, 1.807) is 0 Å². The summed E-state index contributed by atoms with van der Waals surface area (Å²) in [5.74, 6) is -0.974. The fraction of sp³-hybridized carbons (Fsp3) is 0.0909. The van der Waals surface area contributed by atoms with Crippen molar-refractivity contribution in [2.24, 2.45) is 0 Å². The van der Waals surface area contributed by atoms with Crippen LogP contribution in [0.15, 0.2) is 24.4 Å². The monoisotopic (exact) mass is 280 g/mol. The second-order valence-electron chi connectivity index (χ2n) is 3.67. The van der Waals surface area contributed by atoms with E-state index in [1.807, 2.05) is 6.07 Å². The average Bonchev–Trinajstić information content (AvgIpc) is 2.71. The molecule has 0 saturated heterocycles. The molecular formula is C11H6ClFN4O2. The standard InChI is InChI=1S/C11H6ClFN4O2/c12-10-6-16(15-11(10)17(18)19)5-8-3-9(13)2-1-7(8)4-14/h1-3,6H,5H2. The summed E-state index contributed by atoms with van der Waals surface area (Å²) in [7, 11) is 0. The van der Waals surface area contributed by atoms with Crippen LogP contribution in [0.4, 0.5) is 10.2 Å². The van der Waals surface area contributed by atoms with Crippen LogP contribution in [0.5, 0.6) is 0 Å². The Morgan fingerprint density at radius 3 is 2.89 bits per heavy atom. The average molecular weight is 281 g/mol. The van der Waals surface area contributed by atoms with Gasteiger partial charge in [0.05, 0.1) is 29.5 Å². The third kappa shape index (κ3) is 2.69. The van der Waals surface area contributed by atoms with Gasteiger partial charge in [-0.05, 0) is 28.7 Å². The lowest BCUT2D eigenvalue weighted by molar-refractivity contribution is -0.389. The first-order valence-electron chi connectivity index (χ1n) is 5.07. The fourth-order valence-electron chi connectivity index (χ4n) is 1.57. The summed E-state index contributed by atoms with van der Waals surface area (Å²) in [6.07, 6.45) is 1.26. The molecule has 0 aliphatic heterocycles. The molecule has 0 saturated carbocycles. The zero-order valence-corrected chi connectivity index (χ0v) is 10.1. The normalized spacial score (nSPS) is 10.2. The maximum Gasteiger partial charge on any atom is 0.408 e. The lowest BCUT2D eigenvalue weighted by atomic mass is 10.1. The molecule has 2 aromatic rings. The summed E-state index contributed by atoms with van der Waals surface area (Å²) in [4.78, 5) is 9.89. The van der Waals surface area contributed by atoms with Crippen LogP contribution in [0.1, 0.15) is 11.1 Å². The van der Waals surface area contributed by atoms with Crippen molar-refractivity contribution in [2.75, 3.05) is 0 Å². The van der Waals surface area contributed by atoms with Crippen molar-refractivity contribution in [1.82, 2.24) is 9.78 Å². The summed E-state index contributed by atoms with van der Waals surface area (Å²) in [5, 5.41) is 23.0. The van der Waals surface area contributed by atoms with Crippen molar-refractivity contribution in [2.45, 2.75) is 6.54 Å². The lowest BCUT2D eigenvalue weighted by Gasteiger charge is -2.01. The van der Waals surface area contributed by atoms with E-state index in [9.17, 15) is 14.5 Å². The SMILES string of the molecule is N#Cc1ccc(F)cc1Cn1cc(Cl)c([N+](=O)[O-])n1. The minimum Gasteiger partial charge on any atom is -0.358 e. The van der Waals surface area contributed by atoms with Gasteiger partial charge in [0.2, 0.25) is 0 Å². The second-order valence-corrected chi connectivity index (χ2v) is 4.08. The highest BCUT2D eigenvalue weighted by atomic mass is 35.5. The van der Waals surface area contributed by atoms with Gasteiger partial charge in [-0.25, -0.2) is 4.39 Å². The number of hydrogen-bond donors (Lipinski definition) is 0. The molecular weight excluding hydrogens is 275 g/mol. The fourth-order valence-corrected chi connectivity index (χ4v) is 1.79. The Bertz CT molecular complexity index is 692. The Kier molecular flexibility index (Phi) is 3.44. The van der Waals surface area contributed by atoms with Gasteiger partial charge in [-0.15, -0.1) is 0 Å². The number of aromatic nitrogens is 2. The molecule has 0 amide bonds. The van der Waals surface area contributed by atoms with Crippen LogP contribution in [0.3, 0.4) is 0 Å². The van der Waals surface area contributed by atoms with Gasteiger partial charge in [-0.1, -0.05) is 11.6 Å². The molecule has 0 spiro atoms. The summed E-state index contributed by atoms with van der Waals surface area (Å²) in [6.45, 7) is 0.0220. The number of hydrogen-bond acceptors (Lipinski definition) is 4. The molecule has 0 aliphatic rings. The van der Waals surface area contributed by atoms with Crippen molar-refractivity contribution >= 4 is 17.4 Å². The molecule has 8 heteroatoms. The predicted octanol–water partition coefficient (Wildman–Crippen LogP) is 2.50. The molecule has 1 heterocycles. The van der Waals surface area contributed by atoms with Crippen molar-refractivity contribution < 1.29 is 9.31 Å². The van der Waals surface area contributed by atoms with Gasteiger partial charge < -0.3 is 10.1 Å². The summed E-state index contributed by atoms with van der Waals surface area (Å²) >= 11 is 5.65. The molecule has 96 valence electrons. The minimum absolute atomic E-state index is 0.0220. The molecule has 0 fully saturated rings. The quantitative estimate of drug-likeness (QED) is 0.638. The molecule has 2 rings (SSSR count). The van der Waals surface area contributed by atoms with E-state index in [1.165, 1.54) is 29.1 Å². The van der Waals surface area contributed by atoms with E-state index in [2.05, 4.69) is 5.10 Å². The van der Waals surface area contributed by atoms with Crippen LogP contribution >= 0.6 is 11.6 Å². The first-order valence-corrected chi connectivity index (χ1v) is 5.45. The van der Waals surface area contributed by atoms with Gasteiger partial charge in [0, 0.05) is 0 Å². The van der Waals surface area contributed by atoms with Crippen molar-refractivity contribution in [3.63, 3.8) is 0 Å². The minimum atomic E-state index is -0.713. The molecule has 0 radical (unpaired) electrons. The summed E-state index contributed by atoms with van der Waals surface area (Å²) < 4.78 is 14.3. The molecule has 0 atom stereocenters. The van der Waals surface area contributed by atoms with Crippen LogP contribution in [0.25, 0.3) is 0 Å². The van der Waals surface area contributed by atoms with E-state index in [0.29, 0.717) is 5.56 Å². The number of benzene rings is 1. The lowest BCUT2D eigenvalue weighted by Crippen LogP contribution is -2.03. The summed E-state index contributed by atoms with van der Waals surface area (Å²) in [6, 6.07) is 5.60. The Morgan fingerprint density at radius 2 is 2.32 bits per heavy atom. The third-order valence-electron chi connectivity index (χ3n) is 2.39. The second kappa shape index (κ2) is 5.04. The van der Waals surface area contributed by atoms with E-state index in [0.717, 1.165) is 0 Å². The predicted molar refractivity (Wildman–Crippen MR) is 64.1 cm³/mol. The Balaban J connectivity index is 2.36. The van der Waals surface area contributed by atoms with E-state index in [-0.39, 0.29) is 17.1 Å². The van der Waals surface area contributed by atoms with Crippen molar-refractivity contribution in [3.05, 3.63) is 56.5 Å². The molecule has 1 aromatic heterocycles. The third-order valence-corrected chi connectivity index (χ3v) is 2.66. The Morgan fingerprint density at radius 1 is 1.58 bits per heavy atom. The zero-order chi connectivity index (χ0) is 14.0. The Labute approximate surface area is 111 Å². The molecule has 19 heavy (non-hydrogen) atoms. The maximum atomic E-state index is 13.1. The van der Waals surface area contributed by atoms with E-state index < -0.39 is 16.6 Å². The summed E-state index contributed by atoms with van der Waals surface area (Å²) in [5.41, 5.74) is 0.646. The van der Waals surface area contributed by atoms with Crippen LogP contribution in [0, 0.1) is 27.3 Å². The molecule has 0 aliphatic carbocycles. The number of nitriles is 1. The number of halogens is 2. The van der Waals surface area contributed by atoms with Crippen LogP contribution in [-0.2, 0) is 6.54 Å². The molecule has 0 N–H and O–H groups in total. The molecule has 1 aromatic carbocycles. The highest BCUT2D eigenvalue weighted by Gasteiger charge is 2.19. The number of rotatable bonds is 3. The number of nitrogens with zero attached hydrogens (tertiary/aromatic N) is 4. The van der Waals surface area contributed by atoms with Gasteiger partial charge in [0.1, 0.15) is 5.82 Å². The molecule has 0 bridgehead atoms. The number of nitro groups is 1. The highest BCUT2D eigenvalue weighted by Crippen LogP contribution is 2.22. The zero-order valence-electron chi connectivity index (χ0n) is 9.38. The van der Waals surface area contributed by atoms with Crippen molar-refractivity contribution in [1.29, 1.82) is 5.26 Å². The Hall–Kier alpha value is -2.46. The molecule has 0 unspecified atom stereocenters. The molecule has 6 nitrogen and oxygen atoms in total. The van der Waals surface area contributed by atoms with Gasteiger partial charge in [-0.3, -0.25) is 0 Å². The van der Waals surface area contributed by atoms with Gasteiger partial charge in [0.25, 0.3) is 0 Å². The van der Waals surface area contributed by atoms with Gasteiger partial charge in [0.15, 0.2) is 5.02 Å². The first-order chi connectivity index (χ1) is 9.01. The maximum absolute atomic E-state index is 13.1. The first kappa shape index (κ1) is 13.0. The highest BCUT2D eigenvalue weighted by molar-refractivity contribution is 6.32. The van der Waals surface area contributed by atoms with Crippen LogP contribution in [-0.4, -0.2) is 14.7 Å². The van der Waals surface area contributed by atoms with Gasteiger partial charge >= 0.3 is 5.82 Å². The van der Waals surface area contributed by atoms with Crippen LogP contribution < -0.4 is 0 Å². The topological polar surface area (TPSA) is 84.8 Å². The largest absolute Gasteiger partial charge is 0.408 e. The van der Waals surface area contributed by atoms with Gasteiger partial charge in [-0.2, -0.15) is 9.94 Å². The van der Waals surface area contributed by atoms with E-state index >= 15 is 0 Å². The van der Waals surface area contributed by atoms with Crippen LogP contribution in [0.2, 0.25) is 5.02 Å².